The number of phenolic OH excluding ortho intramolecular Hbond substituents is 1. The van der Waals surface area contributed by atoms with Crippen LogP contribution in [0.5, 0.6) is 5.75 Å². The van der Waals surface area contributed by atoms with Gasteiger partial charge >= 0.3 is 0 Å². The molecule has 0 unspecified atom stereocenters. The molecule has 6 nitrogen and oxygen atoms in total. The lowest BCUT2D eigenvalue weighted by Gasteiger charge is -2.20. The second kappa shape index (κ2) is 9.94. The lowest BCUT2D eigenvalue weighted by Crippen LogP contribution is -2.16. The molecule has 4 aromatic rings. The highest BCUT2D eigenvalue weighted by molar-refractivity contribution is 7.74. The van der Waals surface area contributed by atoms with E-state index in [1.165, 1.54) is 30.3 Å². The third-order valence-corrected chi connectivity index (χ3v) is 6.10. The number of phenols is 1. The topological polar surface area (TPSA) is 86.7 Å². The second-order valence-corrected chi connectivity index (χ2v) is 8.53. The van der Waals surface area contributed by atoms with Crippen LogP contribution in [0.15, 0.2) is 91.0 Å². The molecule has 0 bridgehead atoms. The zero-order valence-corrected chi connectivity index (χ0v) is 19.1. The van der Waals surface area contributed by atoms with Crippen molar-refractivity contribution in [1.29, 1.82) is 0 Å². The largest absolute Gasteiger partial charge is 0.506 e. The van der Waals surface area contributed by atoms with Crippen LogP contribution in [0.2, 0.25) is 5.02 Å². The number of rotatable bonds is 6. The molecule has 0 spiro atoms. The van der Waals surface area contributed by atoms with Crippen molar-refractivity contribution >= 4 is 45.5 Å². The normalized spacial score (nSPS) is 10.8. The van der Waals surface area contributed by atoms with Gasteiger partial charge in [0.1, 0.15) is 17.3 Å². The maximum absolute atomic E-state index is 13.3. The number of hydrogen-bond acceptors (Lipinski definition) is 4. The van der Waals surface area contributed by atoms with E-state index < -0.39 is 22.6 Å². The minimum Gasteiger partial charge on any atom is -0.506 e. The van der Waals surface area contributed by atoms with Gasteiger partial charge in [0.2, 0.25) is 10.9 Å². The summed E-state index contributed by atoms with van der Waals surface area (Å²) in [7, 11) is -3.23. The van der Waals surface area contributed by atoms with E-state index in [9.17, 15) is 22.7 Å². The highest BCUT2D eigenvalue weighted by Crippen LogP contribution is 2.36. The molecular formula is C25H18ClFN2O4S. The number of nitrogens with one attached hydrogen (secondary N) is 1. The molecule has 4 rings (SSSR count). The number of carbonyl (C=O) groups excluding carboxylic acids is 1. The summed E-state index contributed by atoms with van der Waals surface area (Å²) >= 11 is 6.36. The Bertz CT molecular complexity index is 1420. The molecule has 0 heterocycles. The Balaban J connectivity index is 1.62. The second-order valence-electron chi connectivity index (χ2n) is 7.24. The molecule has 172 valence electrons. The van der Waals surface area contributed by atoms with Gasteiger partial charge in [-0.1, -0.05) is 48.0 Å². The molecular weight excluding hydrogens is 479 g/mol. The average molecular weight is 497 g/mol. The Labute approximate surface area is 201 Å². The SMILES string of the molecule is O=C(Nc1ccc(O)c(N(c2ccc(F)cc2)[SH](=O)=O)c1)c1ccc(-c2ccccc2)cc1Cl. The third kappa shape index (κ3) is 5.03. The van der Waals surface area contributed by atoms with E-state index in [0.29, 0.717) is 0 Å². The molecule has 0 aliphatic carbocycles. The van der Waals surface area contributed by atoms with Crippen LogP contribution in [0.3, 0.4) is 0 Å². The molecule has 0 saturated carbocycles. The summed E-state index contributed by atoms with van der Waals surface area (Å²) in [6.45, 7) is 0. The van der Waals surface area contributed by atoms with Gasteiger partial charge in [0, 0.05) is 5.69 Å². The molecule has 0 saturated heterocycles. The Morgan fingerprint density at radius 3 is 2.24 bits per heavy atom. The quantitative estimate of drug-likeness (QED) is 0.234. The lowest BCUT2D eigenvalue weighted by atomic mass is 10.0. The van der Waals surface area contributed by atoms with Crippen LogP contribution in [0.4, 0.5) is 21.5 Å². The predicted molar refractivity (Wildman–Crippen MR) is 132 cm³/mol. The summed E-state index contributed by atoms with van der Waals surface area (Å²) in [4.78, 5) is 12.9. The molecule has 0 aromatic heterocycles. The van der Waals surface area contributed by atoms with Crippen molar-refractivity contribution in [2.24, 2.45) is 0 Å². The lowest BCUT2D eigenvalue weighted by molar-refractivity contribution is 0.102. The van der Waals surface area contributed by atoms with Crippen molar-refractivity contribution < 1.29 is 22.7 Å². The Kier molecular flexibility index (Phi) is 6.81. The first-order valence-electron chi connectivity index (χ1n) is 10.0. The molecule has 4 aromatic carbocycles. The number of thiol groups is 1. The van der Waals surface area contributed by atoms with Crippen molar-refractivity contribution in [2.45, 2.75) is 0 Å². The molecule has 0 aliphatic rings. The van der Waals surface area contributed by atoms with Gasteiger partial charge in [-0.25, -0.2) is 17.1 Å². The number of amides is 1. The summed E-state index contributed by atoms with van der Waals surface area (Å²) in [5.74, 6) is -1.39. The Morgan fingerprint density at radius 2 is 1.59 bits per heavy atom. The first kappa shape index (κ1) is 23.3. The van der Waals surface area contributed by atoms with Crippen LogP contribution in [-0.4, -0.2) is 19.4 Å². The minimum atomic E-state index is -3.23. The Morgan fingerprint density at radius 1 is 0.882 bits per heavy atom. The maximum Gasteiger partial charge on any atom is 0.257 e. The van der Waals surface area contributed by atoms with Gasteiger partial charge in [-0.05, 0) is 65.7 Å². The molecule has 2 N–H and O–H groups in total. The van der Waals surface area contributed by atoms with Crippen molar-refractivity contribution in [3.63, 3.8) is 0 Å². The minimum absolute atomic E-state index is 0.106. The van der Waals surface area contributed by atoms with E-state index in [-0.39, 0.29) is 33.4 Å². The molecule has 0 fully saturated rings. The number of nitrogens with zero attached hydrogens (tertiary/aromatic N) is 1. The first-order valence-corrected chi connectivity index (χ1v) is 11.5. The van der Waals surface area contributed by atoms with Gasteiger partial charge < -0.3 is 10.4 Å². The van der Waals surface area contributed by atoms with Gasteiger partial charge in [0.05, 0.1) is 16.3 Å². The smallest absolute Gasteiger partial charge is 0.257 e. The number of aromatic hydroxyl groups is 1. The third-order valence-electron chi connectivity index (χ3n) is 5.02. The van der Waals surface area contributed by atoms with Crippen LogP contribution in [0.1, 0.15) is 10.4 Å². The average Bonchev–Trinajstić information content (AvgIpc) is 2.82. The first-order chi connectivity index (χ1) is 16.3. The molecule has 0 atom stereocenters. The fraction of sp³-hybridized carbons (Fsp3) is 0. The van der Waals surface area contributed by atoms with E-state index >= 15 is 0 Å². The number of benzene rings is 4. The summed E-state index contributed by atoms with van der Waals surface area (Å²) < 4.78 is 38.0. The monoisotopic (exact) mass is 496 g/mol. The zero-order valence-electron chi connectivity index (χ0n) is 17.5. The summed E-state index contributed by atoms with van der Waals surface area (Å²) in [6.07, 6.45) is 0. The van der Waals surface area contributed by atoms with Crippen LogP contribution in [-0.2, 0) is 10.9 Å². The summed E-state index contributed by atoms with van der Waals surface area (Å²) in [6, 6.07) is 23.3. The van der Waals surface area contributed by atoms with Crippen LogP contribution >= 0.6 is 11.6 Å². The number of halogens is 2. The molecule has 9 heteroatoms. The molecule has 1 amide bonds. The highest BCUT2D eigenvalue weighted by atomic mass is 35.5. The van der Waals surface area contributed by atoms with Gasteiger partial charge in [0.15, 0.2) is 0 Å². The van der Waals surface area contributed by atoms with E-state index in [1.54, 1.807) is 18.2 Å². The van der Waals surface area contributed by atoms with Gasteiger partial charge in [-0.15, -0.1) is 0 Å². The van der Waals surface area contributed by atoms with E-state index in [4.69, 9.17) is 11.6 Å². The van der Waals surface area contributed by atoms with Crippen molar-refractivity contribution in [3.05, 3.63) is 107 Å². The van der Waals surface area contributed by atoms with Crippen molar-refractivity contribution in [3.8, 4) is 16.9 Å². The highest BCUT2D eigenvalue weighted by Gasteiger charge is 2.18. The van der Waals surface area contributed by atoms with Crippen LogP contribution < -0.4 is 9.62 Å². The standard InChI is InChI=1S/C25H18ClFN2O4S/c26-22-14-17(16-4-2-1-3-5-16)6-12-21(22)25(31)28-19-9-13-24(30)23(15-19)29(34(32)33)20-10-7-18(27)8-11-20/h1-15,30,34H,(H,28,31). The maximum atomic E-state index is 13.3. The predicted octanol–water partition coefficient (Wildman–Crippen LogP) is 5.77. The number of anilines is 3. The van der Waals surface area contributed by atoms with Crippen molar-refractivity contribution in [1.82, 2.24) is 0 Å². The molecule has 0 aliphatic heterocycles. The zero-order chi connectivity index (χ0) is 24.2. The number of hydrogen-bond donors (Lipinski definition) is 3. The summed E-state index contributed by atoms with van der Waals surface area (Å²) in [5.41, 5.74) is 2.27. The Hall–Kier alpha value is -3.88. The fourth-order valence-corrected chi connectivity index (χ4v) is 4.31. The van der Waals surface area contributed by atoms with Crippen LogP contribution in [0, 0.1) is 5.82 Å². The van der Waals surface area contributed by atoms with Crippen molar-refractivity contribution in [2.75, 3.05) is 9.62 Å². The van der Waals surface area contributed by atoms with E-state index in [2.05, 4.69) is 5.32 Å². The fourth-order valence-electron chi connectivity index (χ4n) is 3.38. The number of carbonyl (C=O) groups is 1. The molecule has 34 heavy (non-hydrogen) atoms. The van der Waals surface area contributed by atoms with E-state index in [1.807, 2.05) is 30.3 Å². The molecule has 0 radical (unpaired) electrons. The summed E-state index contributed by atoms with van der Waals surface area (Å²) in [5, 5.41) is 13.2. The van der Waals surface area contributed by atoms with E-state index in [0.717, 1.165) is 27.6 Å². The van der Waals surface area contributed by atoms with Gasteiger partial charge in [-0.3, -0.25) is 4.79 Å². The van der Waals surface area contributed by atoms with Crippen LogP contribution in [0.25, 0.3) is 11.1 Å². The van der Waals surface area contributed by atoms with Gasteiger partial charge in [-0.2, -0.15) is 0 Å². The van der Waals surface area contributed by atoms with Gasteiger partial charge in [0.25, 0.3) is 5.91 Å².